The Morgan fingerprint density at radius 1 is 1.42 bits per heavy atom. The molecule has 0 radical (unpaired) electrons. The van der Waals surface area contributed by atoms with Crippen LogP contribution in [0, 0.1) is 6.92 Å². The van der Waals surface area contributed by atoms with Crippen molar-refractivity contribution >= 4 is 11.8 Å². The summed E-state index contributed by atoms with van der Waals surface area (Å²) in [4.78, 5) is 11.7. The monoisotopic (exact) mass is 262 g/mol. The molecule has 1 heterocycles. The maximum Gasteiger partial charge on any atom is 0.412 e. The third kappa shape index (κ3) is 3.70. The minimum Gasteiger partial charge on any atom is -0.444 e. The molecule has 1 amide bonds. The molecule has 1 aliphatic heterocycles. The zero-order chi connectivity index (χ0) is 14.0. The summed E-state index contributed by atoms with van der Waals surface area (Å²) >= 11 is 0. The van der Waals surface area contributed by atoms with Gasteiger partial charge in [-0.25, -0.2) is 4.79 Å². The zero-order valence-electron chi connectivity index (χ0n) is 12.0. The Kier molecular flexibility index (Phi) is 3.80. The Labute approximate surface area is 114 Å². The third-order valence-electron chi connectivity index (χ3n) is 3.11. The Morgan fingerprint density at radius 3 is 2.58 bits per heavy atom. The second-order valence-corrected chi connectivity index (χ2v) is 6.00. The van der Waals surface area contributed by atoms with Crippen LogP contribution in [0.4, 0.5) is 10.5 Å². The van der Waals surface area contributed by atoms with E-state index in [1.54, 1.807) is 0 Å². The molecule has 2 rings (SSSR count). The van der Waals surface area contributed by atoms with Crippen LogP contribution in [0.1, 0.15) is 44.4 Å². The summed E-state index contributed by atoms with van der Waals surface area (Å²) in [5.41, 5.74) is 2.65. The molecule has 1 atom stereocenters. The number of rotatable bonds is 2. The molecule has 2 N–H and O–H groups in total. The van der Waals surface area contributed by atoms with Crippen LogP contribution in [-0.2, 0) is 4.74 Å². The van der Waals surface area contributed by atoms with Gasteiger partial charge in [-0.2, -0.15) is 0 Å². The fourth-order valence-corrected chi connectivity index (χ4v) is 2.03. The fourth-order valence-electron chi connectivity index (χ4n) is 2.03. The number of anilines is 1. The second-order valence-electron chi connectivity index (χ2n) is 6.00. The average Bonchev–Trinajstić information content (AvgIpc) is 2.16. The van der Waals surface area contributed by atoms with Crippen LogP contribution in [0.2, 0.25) is 0 Å². The van der Waals surface area contributed by atoms with E-state index >= 15 is 0 Å². The molecule has 0 aromatic heterocycles. The highest BCUT2D eigenvalue weighted by Crippen LogP contribution is 2.26. The van der Waals surface area contributed by atoms with Crippen LogP contribution in [0.25, 0.3) is 0 Å². The minimum atomic E-state index is -0.478. The van der Waals surface area contributed by atoms with E-state index in [4.69, 9.17) is 4.74 Å². The highest BCUT2D eigenvalue weighted by molar-refractivity contribution is 5.85. The molecule has 4 nitrogen and oxygen atoms in total. The Hall–Kier alpha value is -1.55. The SMILES string of the molecule is Cc1cc(C2CCN2)ccc1NC(=O)OC(C)(C)C. The van der Waals surface area contributed by atoms with E-state index in [1.165, 1.54) is 12.0 Å². The molecule has 0 aliphatic carbocycles. The molecule has 1 unspecified atom stereocenters. The number of carbonyl (C=O) groups excluding carboxylic acids is 1. The minimum absolute atomic E-state index is 0.412. The molecule has 0 bridgehead atoms. The highest BCUT2D eigenvalue weighted by atomic mass is 16.6. The standard InChI is InChI=1S/C15H22N2O2/c1-10-9-11(13-7-8-16-13)5-6-12(10)17-14(18)19-15(2,3)4/h5-6,9,13,16H,7-8H2,1-4H3,(H,17,18). The van der Waals surface area contributed by atoms with Crippen molar-refractivity contribution in [1.29, 1.82) is 0 Å². The van der Waals surface area contributed by atoms with E-state index < -0.39 is 11.7 Å². The van der Waals surface area contributed by atoms with Gasteiger partial charge in [-0.05, 0) is 57.9 Å². The van der Waals surface area contributed by atoms with Crippen molar-refractivity contribution in [2.45, 2.75) is 45.8 Å². The van der Waals surface area contributed by atoms with Crippen molar-refractivity contribution in [3.63, 3.8) is 0 Å². The molecule has 1 aromatic carbocycles. The van der Waals surface area contributed by atoms with Crippen molar-refractivity contribution in [3.05, 3.63) is 29.3 Å². The lowest BCUT2D eigenvalue weighted by Crippen LogP contribution is -2.35. The summed E-state index contributed by atoms with van der Waals surface area (Å²) in [6.07, 6.45) is 0.767. The number of aryl methyl sites for hydroxylation is 1. The van der Waals surface area contributed by atoms with E-state index in [0.717, 1.165) is 17.8 Å². The predicted octanol–water partition coefficient (Wildman–Crippen LogP) is 3.38. The summed E-state index contributed by atoms with van der Waals surface area (Å²) < 4.78 is 5.24. The molecule has 1 saturated heterocycles. The maximum atomic E-state index is 11.7. The van der Waals surface area contributed by atoms with Crippen molar-refractivity contribution in [2.75, 3.05) is 11.9 Å². The number of amides is 1. The Balaban J connectivity index is 2.02. The normalized spacial score (nSPS) is 18.6. The number of ether oxygens (including phenoxy) is 1. The first-order valence-corrected chi connectivity index (χ1v) is 6.69. The Morgan fingerprint density at radius 2 is 2.11 bits per heavy atom. The summed E-state index contributed by atoms with van der Waals surface area (Å²) in [6.45, 7) is 8.64. The number of hydrogen-bond acceptors (Lipinski definition) is 3. The summed E-state index contributed by atoms with van der Waals surface area (Å²) in [5.74, 6) is 0. The van der Waals surface area contributed by atoms with E-state index in [2.05, 4.69) is 22.8 Å². The highest BCUT2D eigenvalue weighted by Gasteiger charge is 2.20. The largest absolute Gasteiger partial charge is 0.444 e. The lowest BCUT2D eigenvalue weighted by Gasteiger charge is -2.28. The van der Waals surface area contributed by atoms with Crippen molar-refractivity contribution in [2.24, 2.45) is 0 Å². The average molecular weight is 262 g/mol. The first-order chi connectivity index (χ1) is 8.85. The smallest absolute Gasteiger partial charge is 0.412 e. The molecule has 1 aromatic rings. The van der Waals surface area contributed by atoms with Gasteiger partial charge in [-0.1, -0.05) is 12.1 Å². The van der Waals surface area contributed by atoms with E-state index in [-0.39, 0.29) is 0 Å². The molecule has 4 heteroatoms. The number of benzene rings is 1. The van der Waals surface area contributed by atoms with E-state index in [9.17, 15) is 4.79 Å². The van der Waals surface area contributed by atoms with Crippen LogP contribution in [0.3, 0.4) is 0 Å². The topological polar surface area (TPSA) is 50.4 Å². The summed E-state index contributed by atoms with van der Waals surface area (Å²) in [7, 11) is 0. The van der Waals surface area contributed by atoms with Crippen LogP contribution < -0.4 is 10.6 Å². The van der Waals surface area contributed by atoms with Crippen molar-refractivity contribution < 1.29 is 9.53 Å². The molecular weight excluding hydrogens is 240 g/mol. The summed E-state index contributed by atoms with van der Waals surface area (Å²) in [5, 5.41) is 6.16. The molecule has 0 saturated carbocycles. The molecule has 19 heavy (non-hydrogen) atoms. The van der Waals surface area contributed by atoms with Crippen LogP contribution in [0.15, 0.2) is 18.2 Å². The lowest BCUT2D eigenvalue weighted by atomic mass is 9.96. The lowest BCUT2D eigenvalue weighted by molar-refractivity contribution is 0.0636. The number of hydrogen-bond donors (Lipinski definition) is 2. The first kappa shape index (κ1) is 13.9. The van der Waals surface area contributed by atoms with Crippen LogP contribution in [-0.4, -0.2) is 18.2 Å². The van der Waals surface area contributed by atoms with Gasteiger partial charge in [0.15, 0.2) is 0 Å². The predicted molar refractivity (Wildman–Crippen MR) is 76.4 cm³/mol. The van der Waals surface area contributed by atoms with E-state index in [0.29, 0.717) is 6.04 Å². The van der Waals surface area contributed by atoms with Gasteiger partial charge in [0, 0.05) is 11.7 Å². The van der Waals surface area contributed by atoms with Gasteiger partial charge in [0.25, 0.3) is 0 Å². The molecule has 0 spiro atoms. The molecular formula is C15H22N2O2. The van der Waals surface area contributed by atoms with Gasteiger partial charge in [-0.3, -0.25) is 5.32 Å². The second kappa shape index (κ2) is 5.21. The molecule has 1 fully saturated rings. The van der Waals surface area contributed by atoms with Gasteiger partial charge in [0.2, 0.25) is 0 Å². The Bertz CT molecular complexity index is 474. The third-order valence-corrected chi connectivity index (χ3v) is 3.11. The fraction of sp³-hybridized carbons (Fsp3) is 0.533. The number of carbonyl (C=O) groups is 1. The van der Waals surface area contributed by atoms with Crippen molar-refractivity contribution in [3.8, 4) is 0 Å². The summed E-state index contributed by atoms with van der Waals surface area (Å²) in [6, 6.07) is 6.57. The number of nitrogens with one attached hydrogen (secondary N) is 2. The zero-order valence-corrected chi connectivity index (χ0v) is 12.0. The van der Waals surface area contributed by atoms with Crippen LogP contribution in [0.5, 0.6) is 0 Å². The van der Waals surface area contributed by atoms with Gasteiger partial charge in [0.05, 0.1) is 0 Å². The molecule has 104 valence electrons. The first-order valence-electron chi connectivity index (χ1n) is 6.69. The van der Waals surface area contributed by atoms with Gasteiger partial charge < -0.3 is 10.1 Å². The van der Waals surface area contributed by atoms with Crippen molar-refractivity contribution in [1.82, 2.24) is 5.32 Å². The van der Waals surface area contributed by atoms with E-state index in [1.807, 2.05) is 33.8 Å². The van der Waals surface area contributed by atoms with Gasteiger partial charge in [0.1, 0.15) is 5.60 Å². The molecule has 1 aliphatic rings. The van der Waals surface area contributed by atoms with Crippen LogP contribution >= 0.6 is 0 Å². The quantitative estimate of drug-likeness (QED) is 0.859. The van der Waals surface area contributed by atoms with Gasteiger partial charge in [-0.15, -0.1) is 0 Å². The maximum absolute atomic E-state index is 11.7. The van der Waals surface area contributed by atoms with Gasteiger partial charge >= 0.3 is 6.09 Å².